The first-order valence-corrected chi connectivity index (χ1v) is 6.28. The number of nitrogen functional groups attached to an aromatic ring is 1. The van der Waals surface area contributed by atoms with Gasteiger partial charge in [0, 0.05) is 18.9 Å². The van der Waals surface area contributed by atoms with Crippen LogP contribution in [0.5, 0.6) is 0 Å². The summed E-state index contributed by atoms with van der Waals surface area (Å²) in [6.45, 7) is 3.87. The lowest BCUT2D eigenvalue weighted by Crippen LogP contribution is -2.22. The van der Waals surface area contributed by atoms with E-state index in [1.165, 1.54) is 0 Å². The molecule has 4 heteroatoms. The number of nitrogens with two attached hydrogens (primary N) is 1. The number of hydrogen-bond donors (Lipinski definition) is 1. The van der Waals surface area contributed by atoms with Crippen molar-refractivity contribution in [2.75, 3.05) is 25.6 Å². The van der Waals surface area contributed by atoms with Gasteiger partial charge in [-0.25, -0.2) is 4.79 Å². The molecule has 0 unspecified atom stereocenters. The molecule has 1 aliphatic rings. The van der Waals surface area contributed by atoms with Gasteiger partial charge in [-0.2, -0.15) is 0 Å². The van der Waals surface area contributed by atoms with Crippen LogP contribution in [-0.4, -0.2) is 25.8 Å². The van der Waals surface area contributed by atoms with Crippen LogP contribution in [-0.2, 0) is 9.47 Å². The number of benzene rings is 1. The summed E-state index contributed by atoms with van der Waals surface area (Å²) < 4.78 is 10.6. The fourth-order valence-corrected chi connectivity index (χ4v) is 2.04. The van der Waals surface area contributed by atoms with Gasteiger partial charge in [-0.15, -0.1) is 0 Å². The van der Waals surface area contributed by atoms with Crippen molar-refractivity contribution in [3.63, 3.8) is 0 Å². The molecule has 1 fully saturated rings. The predicted molar refractivity (Wildman–Crippen MR) is 69.4 cm³/mol. The molecular formula is C14H19NO3. The summed E-state index contributed by atoms with van der Waals surface area (Å²) >= 11 is 0. The van der Waals surface area contributed by atoms with Crippen molar-refractivity contribution in [2.45, 2.75) is 19.8 Å². The maximum absolute atomic E-state index is 12.0. The van der Waals surface area contributed by atoms with E-state index in [1.807, 2.05) is 13.0 Å². The molecule has 1 aliphatic heterocycles. The van der Waals surface area contributed by atoms with Crippen molar-refractivity contribution in [3.05, 3.63) is 29.3 Å². The molecule has 18 heavy (non-hydrogen) atoms. The van der Waals surface area contributed by atoms with Crippen LogP contribution in [0, 0.1) is 12.8 Å². The second kappa shape index (κ2) is 5.87. The molecule has 0 amide bonds. The first-order valence-electron chi connectivity index (χ1n) is 6.28. The SMILES string of the molecule is Cc1ccc(N)cc1C(=O)OCC1CCOCC1. The van der Waals surface area contributed by atoms with Crippen LogP contribution in [0.4, 0.5) is 5.69 Å². The highest BCUT2D eigenvalue weighted by molar-refractivity contribution is 5.92. The lowest BCUT2D eigenvalue weighted by Gasteiger charge is -2.21. The third-order valence-electron chi connectivity index (χ3n) is 3.27. The fraction of sp³-hybridized carbons (Fsp3) is 0.500. The molecule has 4 nitrogen and oxygen atoms in total. The Kier molecular flexibility index (Phi) is 4.20. The Labute approximate surface area is 107 Å². The molecule has 2 N–H and O–H groups in total. The van der Waals surface area contributed by atoms with Gasteiger partial charge < -0.3 is 15.2 Å². The van der Waals surface area contributed by atoms with Gasteiger partial charge in [0.2, 0.25) is 0 Å². The van der Waals surface area contributed by atoms with Crippen LogP contribution >= 0.6 is 0 Å². The molecule has 1 aromatic carbocycles. The van der Waals surface area contributed by atoms with Crippen molar-refractivity contribution >= 4 is 11.7 Å². The molecule has 0 saturated carbocycles. The first-order chi connectivity index (χ1) is 8.66. The van der Waals surface area contributed by atoms with E-state index < -0.39 is 0 Å². The highest BCUT2D eigenvalue weighted by Crippen LogP contribution is 2.17. The average Bonchev–Trinajstić information content (AvgIpc) is 2.40. The van der Waals surface area contributed by atoms with E-state index in [-0.39, 0.29) is 5.97 Å². The molecule has 0 aromatic heterocycles. The predicted octanol–water partition coefficient (Wildman–Crippen LogP) is 2.16. The smallest absolute Gasteiger partial charge is 0.338 e. The van der Waals surface area contributed by atoms with E-state index in [0.717, 1.165) is 31.6 Å². The fourth-order valence-electron chi connectivity index (χ4n) is 2.04. The summed E-state index contributed by atoms with van der Waals surface area (Å²) in [5.41, 5.74) is 7.71. The standard InChI is InChI=1S/C14H19NO3/c1-10-2-3-12(15)8-13(10)14(16)18-9-11-4-6-17-7-5-11/h2-3,8,11H,4-7,9,15H2,1H3. The van der Waals surface area contributed by atoms with Gasteiger partial charge in [-0.3, -0.25) is 0 Å². The summed E-state index contributed by atoms with van der Waals surface area (Å²) in [5, 5.41) is 0. The van der Waals surface area contributed by atoms with Crippen LogP contribution in [0.15, 0.2) is 18.2 Å². The molecule has 1 heterocycles. The van der Waals surface area contributed by atoms with E-state index in [2.05, 4.69) is 0 Å². The lowest BCUT2D eigenvalue weighted by molar-refractivity contribution is 0.0185. The zero-order chi connectivity index (χ0) is 13.0. The Morgan fingerprint density at radius 3 is 2.89 bits per heavy atom. The van der Waals surface area contributed by atoms with E-state index in [9.17, 15) is 4.79 Å². The molecule has 1 saturated heterocycles. The maximum atomic E-state index is 12.0. The van der Waals surface area contributed by atoms with Crippen LogP contribution in [0.25, 0.3) is 0 Å². The molecule has 0 bridgehead atoms. The van der Waals surface area contributed by atoms with E-state index in [1.54, 1.807) is 12.1 Å². The Morgan fingerprint density at radius 1 is 1.44 bits per heavy atom. The number of esters is 1. The average molecular weight is 249 g/mol. The van der Waals surface area contributed by atoms with Gasteiger partial charge in [-0.1, -0.05) is 6.07 Å². The van der Waals surface area contributed by atoms with Gasteiger partial charge >= 0.3 is 5.97 Å². The van der Waals surface area contributed by atoms with Crippen molar-refractivity contribution in [1.82, 2.24) is 0 Å². The largest absolute Gasteiger partial charge is 0.462 e. The highest BCUT2D eigenvalue weighted by Gasteiger charge is 2.17. The minimum atomic E-state index is -0.286. The van der Waals surface area contributed by atoms with Crippen molar-refractivity contribution < 1.29 is 14.3 Å². The zero-order valence-electron chi connectivity index (χ0n) is 10.6. The minimum absolute atomic E-state index is 0.286. The summed E-state index contributed by atoms with van der Waals surface area (Å²) in [5.74, 6) is 0.135. The molecule has 2 rings (SSSR count). The molecule has 98 valence electrons. The normalized spacial score (nSPS) is 16.5. The van der Waals surface area contributed by atoms with Gasteiger partial charge in [-0.05, 0) is 43.4 Å². The van der Waals surface area contributed by atoms with Crippen LogP contribution in [0.2, 0.25) is 0 Å². The van der Waals surface area contributed by atoms with Crippen LogP contribution in [0.3, 0.4) is 0 Å². The Bertz CT molecular complexity index is 425. The van der Waals surface area contributed by atoms with Gasteiger partial charge in [0.15, 0.2) is 0 Å². The number of aryl methyl sites for hydroxylation is 1. The second-order valence-electron chi connectivity index (χ2n) is 4.73. The quantitative estimate of drug-likeness (QED) is 0.658. The third kappa shape index (κ3) is 3.23. The van der Waals surface area contributed by atoms with Crippen molar-refractivity contribution in [1.29, 1.82) is 0 Å². The van der Waals surface area contributed by atoms with E-state index in [4.69, 9.17) is 15.2 Å². The number of ether oxygens (including phenoxy) is 2. The Hall–Kier alpha value is -1.55. The van der Waals surface area contributed by atoms with Gasteiger partial charge in [0.25, 0.3) is 0 Å². The Balaban J connectivity index is 1.92. The zero-order valence-corrected chi connectivity index (χ0v) is 10.6. The monoisotopic (exact) mass is 249 g/mol. The molecule has 0 atom stereocenters. The molecule has 0 radical (unpaired) electrons. The second-order valence-corrected chi connectivity index (χ2v) is 4.73. The van der Waals surface area contributed by atoms with E-state index in [0.29, 0.717) is 23.8 Å². The molecule has 0 spiro atoms. The summed E-state index contributed by atoms with van der Waals surface area (Å²) in [6.07, 6.45) is 1.92. The molecule has 1 aromatic rings. The lowest BCUT2D eigenvalue weighted by atomic mass is 10.0. The van der Waals surface area contributed by atoms with Crippen molar-refractivity contribution in [2.24, 2.45) is 5.92 Å². The number of anilines is 1. The molecular weight excluding hydrogens is 230 g/mol. The first kappa shape index (κ1) is 12.9. The number of hydrogen-bond acceptors (Lipinski definition) is 4. The maximum Gasteiger partial charge on any atom is 0.338 e. The number of carbonyl (C=O) groups excluding carboxylic acids is 1. The minimum Gasteiger partial charge on any atom is -0.462 e. The topological polar surface area (TPSA) is 61.6 Å². The van der Waals surface area contributed by atoms with Crippen LogP contribution in [0.1, 0.15) is 28.8 Å². The summed E-state index contributed by atoms with van der Waals surface area (Å²) in [4.78, 5) is 12.0. The summed E-state index contributed by atoms with van der Waals surface area (Å²) in [7, 11) is 0. The number of carbonyl (C=O) groups is 1. The van der Waals surface area contributed by atoms with Gasteiger partial charge in [0.05, 0.1) is 12.2 Å². The Morgan fingerprint density at radius 2 is 2.17 bits per heavy atom. The van der Waals surface area contributed by atoms with E-state index >= 15 is 0 Å². The van der Waals surface area contributed by atoms with Gasteiger partial charge in [0.1, 0.15) is 0 Å². The highest BCUT2D eigenvalue weighted by atomic mass is 16.5. The third-order valence-corrected chi connectivity index (χ3v) is 3.27. The van der Waals surface area contributed by atoms with Crippen LogP contribution < -0.4 is 5.73 Å². The number of rotatable bonds is 3. The molecule has 0 aliphatic carbocycles. The summed E-state index contributed by atoms with van der Waals surface area (Å²) in [6, 6.07) is 5.28. The van der Waals surface area contributed by atoms with Crippen molar-refractivity contribution in [3.8, 4) is 0 Å².